The van der Waals surface area contributed by atoms with Crippen molar-refractivity contribution >= 4 is 16.8 Å². The number of carbonyl (C=O) groups excluding carboxylic acids is 1. The van der Waals surface area contributed by atoms with Gasteiger partial charge in [0.25, 0.3) is 0 Å². The summed E-state index contributed by atoms with van der Waals surface area (Å²) in [5.74, 6) is 1.31. The van der Waals surface area contributed by atoms with Crippen molar-refractivity contribution in [1.82, 2.24) is 24.8 Å². The molecule has 1 aliphatic heterocycles. The summed E-state index contributed by atoms with van der Waals surface area (Å²) in [5, 5.41) is 10.2. The lowest BCUT2D eigenvalue weighted by atomic mass is 10.0. The maximum absolute atomic E-state index is 12.3. The first-order valence-corrected chi connectivity index (χ1v) is 11.0. The number of H-pyrrole nitrogens is 1. The van der Waals surface area contributed by atoms with E-state index in [0.717, 1.165) is 52.9 Å². The Morgan fingerprint density at radius 3 is 2.76 bits per heavy atom. The highest BCUT2D eigenvalue weighted by Gasteiger charge is 2.31. The molecule has 3 aromatic heterocycles. The van der Waals surface area contributed by atoms with Gasteiger partial charge in [-0.1, -0.05) is 0 Å². The van der Waals surface area contributed by atoms with E-state index >= 15 is 0 Å². The molecule has 2 N–H and O–H groups in total. The van der Waals surface area contributed by atoms with Crippen LogP contribution in [0.5, 0.6) is 11.5 Å². The number of aromatic amines is 1. The molecule has 0 aliphatic carbocycles. The number of carbonyl (C=O) groups is 1. The quantitative estimate of drug-likeness (QED) is 0.477. The molecule has 168 valence electrons. The fourth-order valence-corrected chi connectivity index (χ4v) is 4.35. The van der Waals surface area contributed by atoms with Crippen LogP contribution in [0.4, 0.5) is 0 Å². The molecule has 5 rings (SSSR count). The molecule has 1 aliphatic rings. The Morgan fingerprint density at radius 1 is 1.18 bits per heavy atom. The van der Waals surface area contributed by atoms with E-state index in [1.165, 1.54) is 0 Å². The number of ether oxygens (including phenoxy) is 1. The number of aliphatic hydroxyl groups is 1. The number of amides is 1. The third-order valence-corrected chi connectivity index (χ3v) is 6.01. The van der Waals surface area contributed by atoms with Gasteiger partial charge >= 0.3 is 0 Å². The minimum absolute atomic E-state index is 0.0552. The molecule has 4 aromatic rings. The number of aromatic nitrogens is 4. The van der Waals surface area contributed by atoms with Crippen molar-refractivity contribution in [3.63, 3.8) is 0 Å². The number of fused-ring (bicyclic) bond motifs is 1. The number of pyridine rings is 1. The Hall–Kier alpha value is -3.78. The maximum atomic E-state index is 12.3. The van der Waals surface area contributed by atoms with Gasteiger partial charge in [-0.05, 0) is 50.1 Å². The van der Waals surface area contributed by atoms with Crippen molar-refractivity contribution in [2.45, 2.75) is 39.3 Å². The highest BCUT2D eigenvalue weighted by Crippen LogP contribution is 2.41. The standard InChI is InChI=1S/C25H25N5O3/c1-15-11-28-23(13-26-15)22-8-17-9-25(33-19-6-5-18(14-31)27-12-19)20(10-21(17)29-22)24-4-3-7-30(24)16(2)32/h5-6,8-13,24,29,31H,3-4,7,14H2,1-2H3. The summed E-state index contributed by atoms with van der Waals surface area (Å²) < 4.78 is 6.26. The van der Waals surface area contributed by atoms with Crippen molar-refractivity contribution in [2.75, 3.05) is 6.54 Å². The van der Waals surface area contributed by atoms with Gasteiger partial charge in [-0.2, -0.15) is 0 Å². The van der Waals surface area contributed by atoms with E-state index in [-0.39, 0.29) is 18.6 Å². The fourth-order valence-electron chi connectivity index (χ4n) is 4.35. The van der Waals surface area contributed by atoms with Crippen LogP contribution < -0.4 is 4.74 Å². The number of rotatable bonds is 5. The molecule has 8 heteroatoms. The summed E-state index contributed by atoms with van der Waals surface area (Å²) in [6, 6.07) is 9.54. The van der Waals surface area contributed by atoms with Crippen molar-refractivity contribution < 1.29 is 14.6 Å². The van der Waals surface area contributed by atoms with E-state index < -0.39 is 0 Å². The molecule has 1 fully saturated rings. The Balaban J connectivity index is 1.59. The van der Waals surface area contributed by atoms with Crippen molar-refractivity contribution in [1.29, 1.82) is 0 Å². The normalized spacial score (nSPS) is 15.8. The summed E-state index contributed by atoms with van der Waals surface area (Å²) in [5.41, 5.74) is 4.95. The molecule has 1 amide bonds. The lowest BCUT2D eigenvalue weighted by Crippen LogP contribution is -2.28. The van der Waals surface area contributed by atoms with Gasteiger partial charge in [-0.25, -0.2) is 0 Å². The summed E-state index contributed by atoms with van der Waals surface area (Å²) in [7, 11) is 0. The average molecular weight is 444 g/mol. The van der Waals surface area contributed by atoms with E-state index in [0.29, 0.717) is 17.2 Å². The summed E-state index contributed by atoms with van der Waals surface area (Å²) in [6.07, 6.45) is 6.92. The first kappa shape index (κ1) is 21.1. The van der Waals surface area contributed by atoms with Crippen LogP contribution in [-0.4, -0.2) is 42.4 Å². The second-order valence-electron chi connectivity index (χ2n) is 8.32. The van der Waals surface area contributed by atoms with Crippen LogP contribution in [0.2, 0.25) is 0 Å². The van der Waals surface area contributed by atoms with Crippen LogP contribution >= 0.6 is 0 Å². The first-order valence-electron chi connectivity index (χ1n) is 11.0. The third-order valence-electron chi connectivity index (χ3n) is 6.01. The third kappa shape index (κ3) is 4.17. The number of aliphatic hydroxyl groups excluding tert-OH is 1. The van der Waals surface area contributed by atoms with E-state index in [2.05, 4.69) is 26.0 Å². The Bertz CT molecular complexity index is 1300. The Kier molecular flexibility index (Phi) is 5.51. The van der Waals surface area contributed by atoms with Crippen LogP contribution in [0.25, 0.3) is 22.3 Å². The van der Waals surface area contributed by atoms with Crippen LogP contribution in [0.1, 0.15) is 42.8 Å². The molecule has 8 nitrogen and oxygen atoms in total. The predicted octanol–water partition coefficient (Wildman–Crippen LogP) is 4.30. The second kappa shape index (κ2) is 8.63. The van der Waals surface area contributed by atoms with Crippen LogP contribution in [0.15, 0.2) is 48.9 Å². The van der Waals surface area contributed by atoms with Gasteiger partial charge in [0.1, 0.15) is 17.2 Å². The topological polar surface area (TPSA) is 104 Å². The second-order valence-corrected chi connectivity index (χ2v) is 8.32. The van der Waals surface area contributed by atoms with Gasteiger partial charge in [0.2, 0.25) is 5.91 Å². The molecular formula is C25H25N5O3. The summed E-state index contributed by atoms with van der Waals surface area (Å²) in [4.78, 5) is 30.7. The molecule has 1 atom stereocenters. The van der Waals surface area contributed by atoms with Crippen molar-refractivity contribution in [2.24, 2.45) is 0 Å². The molecule has 0 bridgehead atoms. The number of hydrogen-bond donors (Lipinski definition) is 2. The van der Waals surface area contributed by atoms with Crippen molar-refractivity contribution in [3.05, 3.63) is 65.9 Å². The first-order chi connectivity index (χ1) is 16.0. The minimum Gasteiger partial charge on any atom is -0.455 e. The number of nitrogens with zero attached hydrogens (tertiary/aromatic N) is 4. The number of hydrogen-bond acceptors (Lipinski definition) is 6. The van der Waals surface area contributed by atoms with E-state index in [1.807, 2.05) is 24.0 Å². The van der Waals surface area contributed by atoms with Gasteiger partial charge in [0, 0.05) is 36.1 Å². The summed E-state index contributed by atoms with van der Waals surface area (Å²) >= 11 is 0. The number of likely N-dealkylation sites (tertiary alicyclic amines) is 1. The smallest absolute Gasteiger partial charge is 0.219 e. The molecule has 1 aromatic carbocycles. The number of nitrogens with one attached hydrogen (secondary N) is 1. The highest BCUT2D eigenvalue weighted by molar-refractivity contribution is 5.88. The zero-order valence-electron chi connectivity index (χ0n) is 18.6. The molecule has 0 spiro atoms. The number of aryl methyl sites for hydroxylation is 1. The van der Waals surface area contributed by atoms with Gasteiger partial charge in [0.05, 0.1) is 42.1 Å². The summed E-state index contributed by atoms with van der Waals surface area (Å²) in [6.45, 7) is 4.13. The van der Waals surface area contributed by atoms with Crippen LogP contribution in [0, 0.1) is 6.92 Å². The number of benzene rings is 1. The van der Waals surface area contributed by atoms with Gasteiger partial charge in [-0.15, -0.1) is 0 Å². The van der Waals surface area contributed by atoms with Gasteiger partial charge < -0.3 is 19.7 Å². The molecule has 1 saturated heterocycles. The molecule has 33 heavy (non-hydrogen) atoms. The molecular weight excluding hydrogens is 418 g/mol. The molecule has 0 radical (unpaired) electrons. The Labute approximate surface area is 191 Å². The van der Waals surface area contributed by atoms with Gasteiger partial charge in [0.15, 0.2) is 0 Å². The minimum atomic E-state index is -0.124. The van der Waals surface area contributed by atoms with Crippen LogP contribution in [-0.2, 0) is 11.4 Å². The molecule has 1 unspecified atom stereocenters. The molecule has 0 saturated carbocycles. The van der Waals surface area contributed by atoms with Gasteiger partial charge in [-0.3, -0.25) is 19.7 Å². The van der Waals surface area contributed by atoms with E-state index in [1.54, 1.807) is 37.6 Å². The zero-order valence-corrected chi connectivity index (χ0v) is 18.6. The monoisotopic (exact) mass is 443 g/mol. The SMILES string of the molecule is CC(=O)N1CCCC1c1cc2[nH]c(-c3cnc(C)cn3)cc2cc1Oc1ccc(CO)nc1. The average Bonchev–Trinajstić information content (AvgIpc) is 3.46. The fraction of sp³-hybridized carbons (Fsp3) is 0.280. The highest BCUT2D eigenvalue weighted by atomic mass is 16.5. The maximum Gasteiger partial charge on any atom is 0.219 e. The Morgan fingerprint density at radius 2 is 2.06 bits per heavy atom. The largest absolute Gasteiger partial charge is 0.455 e. The zero-order chi connectivity index (χ0) is 22.9. The molecule has 4 heterocycles. The lowest BCUT2D eigenvalue weighted by molar-refractivity contribution is -0.129. The lowest BCUT2D eigenvalue weighted by Gasteiger charge is -2.25. The van der Waals surface area contributed by atoms with Crippen LogP contribution in [0.3, 0.4) is 0 Å². The van der Waals surface area contributed by atoms with E-state index in [9.17, 15) is 9.90 Å². The van der Waals surface area contributed by atoms with E-state index in [4.69, 9.17) is 4.74 Å². The predicted molar refractivity (Wildman–Crippen MR) is 124 cm³/mol. The van der Waals surface area contributed by atoms with Crippen molar-refractivity contribution in [3.8, 4) is 22.9 Å².